The van der Waals surface area contributed by atoms with Crippen molar-refractivity contribution in [2.75, 3.05) is 27.2 Å². The van der Waals surface area contributed by atoms with E-state index in [1.165, 1.54) is 17.0 Å². The van der Waals surface area contributed by atoms with Crippen molar-refractivity contribution in [3.8, 4) is 0 Å². The number of hydrogen-bond donors (Lipinski definition) is 2. The van der Waals surface area contributed by atoms with E-state index < -0.39 is 6.17 Å². The highest BCUT2D eigenvalue weighted by molar-refractivity contribution is 5.94. The van der Waals surface area contributed by atoms with Gasteiger partial charge in [0, 0.05) is 27.2 Å². The summed E-state index contributed by atoms with van der Waals surface area (Å²) in [4.78, 5) is 34.7. The maximum Gasteiger partial charge on any atom is 0.273 e. The molecule has 8 nitrogen and oxygen atoms in total. The Kier molecular flexibility index (Phi) is 8.02. The topological polar surface area (TPSA) is 91.1 Å². The van der Waals surface area contributed by atoms with Crippen LogP contribution in [-0.4, -0.2) is 54.3 Å². The Hall–Kier alpha value is -3.43. The highest BCUT2D eigenvalue weighted by Gasteiger charge is 2.39. The zero-order valence-electron chi connectivity index (χ0n) is 19.1. The lowest BCUT2D eigenvalue weighted by Crippen LogP contribution is -2.37. The molecule has 2 amide bonds. The third-order valence-corrected chi connectivity index (χ3v) is 5.57. The van der Waals surface area contributed by atoms with Gasteiger partial charge in [0.1, 0.15) is 23.5 Å². The first-order valence-corrected chi connectivity index (χ1v) is 10.7. The van der Waals surface area contributed by atoms with Gasteiger partial charge in [-0.1, -0.05) is 42.0 Å². The van der Waals surface area contributed by atoms with E-state index in [-0.39, 0.29) is 11.7 Å². The molecule has 33 heavy (non-hydrogen) atoms. The third kappa shape index (κ3) is 5.68. The Morgan fingerprint density at radius 1 is 1.18 bits per heavy atom. The van der Waals surface area contributed by atoms with Gasteiger partial charge < -0.3 is 24.9 Å². The number of likely N-dealkylation sites (N-methyl/N-ethyl adjacent to an activating group) is 1. The molecule has 0 aromatic heterocycles. The van der Waals surface area contributed by atoms with Gasteiger partial charge in [0.25, 0.3) is 5.91 Å². The molecular weight excluding hydrogens is 425 g/mol. The summed E-state index contributed by atoms with van der Waals surface area (Å²) in [7, 11) is 3.29. The van der Waals surface area contributed by atoms with Crippen LogP contribution in [0.15, 0.2) is 60.0 Å². The average Bonchev–Trinajstić information content (AvgIpc) is 3.19. The Balaban J connectivity index is 2.02. The molecule has 176 valence electrons. The molecule has 1 heterocycles. The van der Waals surface area contributed by atoms with E-state index in [0.717, 1.165) is 16.7 Å². The number of rotatable bonds is 10. The number of carbonyl (C=O) groups excluding carboxylic acids is 2. The summed E-state index contributed by atoms with van der Waals surface area (Å²) in [6, 6.07) is 14.1. The standard InChI is InChI=1S/C24H30FN5O3/c1-17-5-9-19(10-6-17)22-27-23(29(3)16-31)21(24(32)28(2)13-4-14-33-26)30(22)15-18-7-11-20(25)12-8-18/h5-12,16,22,27H,4,13-15,26H2,1-3H3. The Bertz CT molecular complexity index is 994. The molecule has 1 atom stereocenters. The van der Waals surface area contributed by atoms with E-state index >= 15 is 0 Å². The Morgan fingerprint density at radius 3 is 2.45 bits per heavy atom. The lowest BCUT2D eigenvalue weighted by Gasteiger charge is -2.30. The maximum absolute atomic E-state index is 13.6. The van der Waals surface area contributed by atoms with Gasteiger partial charge in [-0.2, -0.15) is 0 Å². The molecule has 0 fully saturated rings. The molecule has 0 spiro atoms. The van der Waals surface area contributed by atoms with Crippen molar-refractivity contribution in [3.63, 3.8) is 0 Å². The number of amides is 2. The number of nitrogens with zero attached hydrogens (tertiary/aromatic N) is 3. The summed E-state index contributed by atoms with van der Waals surface area (Å²) in [5.41, 5.74) is 3.23. The Labute approximate surface area is 193 Å². The first-order valence-electron chi connectivity index (χ1n) is 10.7. The van der Waals surface area contributed by atoms with E-state index in [9.17, 15) is 14.0 Å². The average molecular weight is 456 g/mol. The molecule has 1 unspecified atom stereocenters. The summed E-state index contributed by atoms with van der Waals surface area (Å²) >= 11 is 0. The summed E-state index contributed by atoms with van der Waals surface area (Å²) < 4.78 is 13.5. The van der Waals surface area contributed by atoms with Gasteiger partial charge in [-0.3, -0.25) is 9.59 Å². The SMILES string of the molecule is Cc1ccc(C2NC(N(C)C=O)=C(C(=O)N(C)CCCON)N2Cc2ccc(F)cc2)cc1. The Morgan fingerprint density at radius 2 is 1.85 bits per heavy atom. The van der Waals surface area contributed by atoms with Crippen LogP contribution in [0.2, 0.25) is 0 Å². The lowest BCUT2D eigenvalue weighted by molar-refractivity contribution is -0.128. The number of benzene rings is 2. The van der Waals surface area contributed by atoms with Gasteiger partial charge in [0.15, 0.2) is 0 Å². The van der Waals surface area contributed by atoms with E-state index in [1.54, 1.807) is 31.1 Å². The molecule has 0 saturated heterocycles. The fourth-order valence-corrected chi connectivity index (χ4v) is 3.72. The van der Waals surface area contributed by atoms with E-state index in [0.29, 0.717) is 44.0 Å². The fraction of sp³-hybridized carbons (Fsp3) is 0.333. The molecule has 1 aliphatic heterocycles. The highest BCUT2D eigenvalue weighted by Crippen LogP contribution is 2.34. The molecular formula is C24H30FN5O3. The first-order chi connectivity index (χ1) is 15.8. The molecule has 1 aliphatic rings. The van der Waals surface area contributed by atoms with Crippen LogP contribution >= 0.6 is 0 Å². The van der Waals surface area contributed by atoms with Crippen LogP contribution in [0, 0.1) is 12.7 Å². The maximum atomic E-state index is 13.6. The van der Waals surface area contributed by atoms with E-state index in [4.69, 9.17) is 5.90 Å². The molecule has 0 aliphatic carbocycles. The van der Waals surface area contributed by atoms with Crippen molar-refractivity contribution >= 4 is 12.3 Å². The van der Waals surface area contributed by atoms with Gasteiger partial charge in [0.2, 0.25) is 6.41 Å². The predicted octanol–water partition coefficient (Wildman–Crippen LogP) is 2.23. The summed E-state index contributed by atoms with van der Waals surface area (Å²) in [6.07, 6.45) is 0.830. The van der Waals surface area contributed by atoms with Gasteiger partial charge in [0.05, 0.1) is 6.61 Å². The minimum Gasteiger partial charge on any atom is -0.346 e. The van der Waals surface area contributed by atoms with Crippen molar-refractivity contribution in [2.45, 2.75) is 26.1 Å². The molecule has 2 aromatic rings. The summed E-state index contributed by atoms with van der Waals surface area (Å²) in [5.74, 6) is 4.93. The summed E-state index contributed by atoms with van der Waals surface area (Å²) in [6.45, 7) is 3.09. The second-order valence-electron chi connectivity index (χ2n) is 8.08. The summed E-state index contributed by atoms with van der Waals surface area (Å²) in [5, 5.41) is 3.35. The lowest BCUT2D eigenvalue weighted by atomic mass is 10.1. The van der Waals surface area contributed by atoms with Crippen molar-refractivity contribution in [1.82, 2.24) is 20.0 Å². The van der Waals surface area contributed by atoms with Gasteiger partial charge in [-0.05, 0) is 36.6 Å². The molecule has 2 aromatic carbocycles. The second-order valence-corrected chi connectivity index (χ2v) is 8.08. The van der Waals surface area contributed by atoms with Crippen LogP contribution in [0.4, 0.5) is 4.39 Å². The van der Waals surface area contributed by atoms with Crippen LogP contribution < -0.4 is 11.2 Å². The molecule has 3 N–H and O–H groups in total. The number of aryl methyl sites for hydroxylation is 1. The number of hydrogen-bond acceptors (Lipinski definition) is 6. The smallest absolute Gasteiger partial charge is 0.273 e. The minimum absolute atomic E-state index is 0.250. The van der Waals surface area contributed by atoms with Crippen molar-refractivity contribution in [3.05, 3.63) is 82.6 Å². The number of carbonyl (C=O) groups is 2. The number of halogens is 1. The normalized spacial score (nSPS) is 15.4. The predicted molar refractivity (Wildman–Crippen MR) is 122 cm³/mol. The first kappa shape index (κ1) is 24.2. The zero-order chi connectivity index (χ0) is 24.0. The molecule has 9 heteroatoms. The minimum atomic E-state index is -0.396. The highest BCUT2D eigenvalue weighted by atomic mass is 19.1. The van der Waals surface area contributed by atoms with Crippen molar-refractivity contribution in [1.29, 1.82) is 0 Å². The zero-order valence-corrected chi connectivity index (χ0v) is 19.1. The van der Waals surface area contributed by atoms with E-state index in [2.05, 4.69) is 10.2 Å². The van der Waals surface area contributed by atoms with Crippen LogP contribution in [0.1, 0.15) is 29.3 Å². The monoisotopic (exact) mass is 455 g/mol. The van der Waals surface area contributed by atoms with Gasteiger partial charge in [-0.15, -0.1) is 0 Å². The number of nitrogens with two attached hydrogens (primary N) is 1. The second kappa shape index (κ2) is 10.9. The van der Waals surface area contributed by atoms with Gasteiger partial charge >= 0.3 is 0 Å². The third-order valence-electron chi connectivity index (χ3n) is 5.57. The molecule has 0 bridgehead atoms. The molecule has 0 saturated carbocycles. The molecule has 0 radical (unpaired) electrons. The van der Waals surface area contributed by atoms with E-state index in [1.807, 2.05) is 36.1 Å². The van der Waals surface area contributed by atoms with Crippen LogP contribution in [-0.2, 0) is 21.0 Å². The molecule has 3 rings (SSSR count). The quantitative estimate of drug-likeness (QED) is 0.324. The van der Waals surface area contributed by atoms with Gasteiger partial charge in [-0.25, -0.2) is 10.3 Å². The van der Waals surface area contributed by atoms with Crippen LogP contribution in [0.3, 0.4) is 0 Å². The fourth-order valence-electron chi connectivity index (χ4n) is 3.72. The van der Waals surface area contributed by atoms with Crippen molar-refractivity contribution < 1.29 is 18.8 Å². The van der Waals surface area contributed by atoms with Crippen molar-refractivity contribution in [2.24, 2.45) is 5.90 Å². The van der Waals surface area contributed by atoms with Crippen LogP contribution in [0.5, 0.6) is 0 Å². The largest absolute Gasteiger partial charge is 0.346 e. The van der Waals surface area contributed by atoms with Crippen LogP contribution in [0.25, 0.3) is 0 Å². The number of nitrogens with one attached hydrogen (secondary N) is 1.